The zero-order valence-electron chi connectivity index (χ0n) is 14.6. The quantitative estimate of drug-likeness (QED) is 0.648. The molecule has 0 spiro atoms. The van der Waals surface area contributed by atoms with Crippen LogP contribution in [0.3, 0.4) is 0 Å². The van der Waals surface area contributed by atoms with Gasteiger partial charge in [0, 0.05) is 18.2 Å². The highest BCUT2D eigenvalue weighted by Crippen LogP contribution is 2.29. The number of hydrogen-bond acceptors (Lipinski definition) is 2. The second kappa shape index (κ2) is 7.71. The summed E-state index contributed by atoms with van der Waals surface area (Å²) in [6.45, 7) is 1.48. The van der Waals surface area contributed by atoms with E-state index >= 15 is 0 Å². The van der Waals surface area contributed by atoms with Crippen LogP contribution < -0.4 is 10.1 Å². The van der Waals surface area contributed by atoms with Crippen molar-refractivity contribution in [2.75, 3.05) is 0 Å². The van der Waals surface area contributed by atoms with Gasteiger partial charge < -0.3 is 10.1 Å². The molecule has 0 aromatic heterocycles. The minimum Gasteiger partial charge on any atom is -0.489 e. The van der Waals surface area contributed by atoms with Crippen molar-refractivity contribution in [3.8, 4) is 5.75 Å². The van der Waals surface area contributed by atoms with Crippen molar-refractivity contribution >= 4 is 10.8 Å². The molecule has 2 heteroatoms. The highest BCUT2D eigenvalue weighted by Gasteiger charge is 2.16. The molecule has 1 fully saturated rings. The molecule has 0 saturated heterocycles. The zero-order valence-corrected chi connectivity index (χ0v) is 14.6. The molecular formula is C23H25NO. The molecule has 3 aromatic carbocycles. The molecular weight excluding hydrogens is 306 g/mol. The molecule has 0 bridgehead atoms. The van der Waals surface area contributed by atoms with E-state index in [1.165, 1.54) is 47.6 Å². The van der Waals surface area contributed by atoms with Gasteiger partial charge >= 0.3 is 0 Å². The van der Waals surface area contributed by atoms with Gasteiger partial charge in [-0.3, -0.25) is 0 Å². The molecule has 1 aliphatic rings. The lowest BCUT2D eigenvalue weighted by molar-refractivity contribution is 0.302. The summed E-state index contributed by atoms with van der Waals surface area (Å²) in [7, 11) is 0. The SMILES string of the molecule is c1ccc(COc2ccc3ccccc3c2CNC2CCCC2)cc1. The molecule has 128 valence electrons. The first kappa shape index (κ1) is 16.2. The van der Waals surface area contributed by atoms with E-state index in [-0.39, 0.29) is 0 Å². The maximum Gasteiger partial charge on any atom is 0.124 e. The normalized spacial score (nSPS) is 14.9. The standard InChI is InChI=1S/C23H25NO/c1-2-8-18(9-3-1)17-25-23-15-14-19-10-4-7-13-21(19)22(23)16-24-20-11-5-6-12-20/h1-4,7-10,13-15,20,24H,5-6,11-12,16-17H2. The molecule has 4 rings (SSSR count). The first-order valence-electron chi connectivity index (χ1n) is 9.31. The van der Waals surface area contributed by atoms with E-state index in [1.54, 1.807) is 0 Å². The number of rotatable bonds is 6. The number of nitrogens with one attached hydrogen (secondary N) is 1. The number of fused-ring (bicyclic) bond motifs is 1. The molecule has 0 heterocycles. The van der Waals surface area contributed by atoms with Crippen LogP contribution in [-0.4, -0.2) is 6.04 Å². The molecule has 0 aliphatic heterocycles. The Morgan fingerprint density at radius 3 is 2.44 bits per heavy atom. The summed E-state index contributed by atoms with van der Waals surface area (Å²) < 4.78 is 6.21. The second-order valence-corrected chi connectivity index (χ2v) is 6.90. The maximum atomic E-state index is 6.21. The van der Waals surface area contributed by atoms with Gasteiger partial charge in [-0.25, -0.2) is 0 Å². The van der Waals surface area contributed by atoms with Crippen molar-refractivity contribution < 1.29 is 4.74 Å². The second-order valence-electron chi connectivity index (χ2n) is 6.90. The van der Waals surface area contributed by atoms with Gasteiger partial charge in [0.1, 0.15) is 12.4 Å². The Bertz CT molecular complexity index is 822. The monoisotopic (exact) mass is 331 g/mol. The topological polar surface area (TPSA) is 21.3 Å². The molecule has 0 atom stereocenters. The number of hydrogen-bond donors (Lipinski definition) is 1. The van der Waals surface area contributed by atoms with Crippen molar-refractivity contribution in [2.45, 2.75) is 44.9 Å². The van der Waals surface area contributed by atoms with E-state index in [9.17, 15) is 0 Å². The summed E-state index contributed by atoms with van der Waals surface area (Å²) in [6.07, 6.45) is 5.30. The van der Waals surface area contributed by atoms with E-state index in [1.807, 2.05) is 6.07 Å². The van der Waals surface area contributed by atoms with Crippen molar-refractivity contribution in [1.82, 2.24) is 5.32 Å². The van der Waals surface area contributed by atoms with E-state index in [0.717, 1.165) is 12.3 Å². The van der Waals surface area contributed by atoms with Gasteiger partial charge in [0.15, 0.2) is 0 Å². The third kappa shape index (κ3) is 3.85. The maximum absolute atomic E-state index is 6.21. The highest BCUT2D eigenvalue weighted by atomic mass is 16.5. The molecule has 2 nitrogen and oxygen atoms in total. The highest BCUT2D eigenvalue weighted by molar-refractivity contribution is 5.87. The molecule has 3 aromatic rings. The Morgan fingerprint density at radius 2 is 1.60 bits per heavy atom. The Hall–Kier alpha value is -2.32. The van der Waals surface area contributed by atoms with Gasteiger partial charge in [0.05, 0.1) is 0 Å². The molecule has 1 aliphatic carbocycles. The predicted octanol–water partition coefficient (Wildman–Crippen LogP) is 5.45. The fraction of sp³-hybridized carbons (Fsp3) is 0.304. The molecule has 1 N–H and O–H groups in total. The van der Waals surface area contributed by atoms with Crippen LogP contribution in [0.4, 0.5) is 0 Å². The minimum absolute atomic E-state index is 0.607. The first-order valence-corrected chi connectivity index (χ1v) is 9.31. The average Bonchev–Trinajstić information content (AvgIpc) is 3.19. The molecule has 0 unspecified atom stereocenters. The van der Waals surface area contributed by atoms with E-state index in [0.29, 0.717) is 12.6 Å². The lowest BCUT2D eigenvalue weighted by Crippen LogP contribution is -2.25. The van der Waals surface area contributed by atoms with E-state index in [2.05, 4.69) is 66.0 Å². The van der Waals surface area contributed by atoms with Crippen molar-refractivity contribution in [2.24, 2.45) is 0 Å². The summed E-state index contributed by atoms with van der Waals surface area (Å²) >= 11 is 0. The van der Waals surface area contributed by atoms with Crippen LogP contribution >= 0.6 is 0 Å². The predicted molar refractivity (Wildman–Crippen MR) is 104 cm³/mol. The Balaban J connectivity index is 1.58. The lowest BCUT2D eigenvalue weighted by Gasteiger charge is -2.17. The van der Waals surface area contributed by atoms with Gasteiger partial charge in [-0.05, 0) is 35.2 Å². The van der Waals surface area contributed by atoms with Crippen LogP contribution in [0.1, 0.15) is 36.8 Å². The zero-order chi connectivity index (χ0) is 16.9. The van der Waals surface area contributed by atoms with Crippen molar-refractivity contribution in [1.29, 1.82) is 0 Å². The van der Waals surface area contributed by atoms with Crippen LogP contribution in [0.5, 0.6) is 5.75 Å². The van der Waals surface area contributed by atoms with Crippen LogP contribution in [0.25, 0.3) is 10.8 Å². The van der Waals surface area contributed by atoms with Gasteiger partial charge in [-0.2, -0.15) is 0 Å². The van der Waals surface area contributed by atoms with Gasteiger partial charge in [-0.15, -0.1) is 0 Å². The minimum atomic E-state index is 0.607. The first-order chi connectivity index (χ1) is 12.4. The van der Waals surface area contributed by atoms with Crippen LogP contribution in [0, 0.1) is 0 Å². The van der Waals surface area contributed by atoms with Gasteiger partial charge in [-0.1, -0.05) is 73.5 Å². The van der Waals surface area contributed by atoms with Gasteiger partial charge in [0.2, 0.25) is 0 Å². The molecule has 25 heavy (non-hydrogen) atoms. The fourth-order valence-electron chi connectivity index (χ4n) is 3.75. The molecule has 0 amide bonds. The van der Waals surface area contributed by atoms with Gasteiger partial charge in [0.25, 0.3) is 0 Å². The number of ether oxygens (including phenoxy) is 1. The summed E-state index contributed by atoms with van der Waals surface area (Å²) in [4.78, 5) is 0. The van der Waals surface area contributed by atoms with Crippen LogP contribution in [0.2, 0.25) is 0 Å². The molecule has 0 radical (unpaired) electrons. The summed E-state index contributed by atoms with van der Waals surface area (Å²) in [6, 6.07) is 23.9. The summed E-state index contributed by atoms with van der Waals surface area (Å²) in [5, 5.41) is 6.31. The van der Waals surface area contributed by atoms with Crippen molar-refractivity contribution in [3.63, 3.8) is 0 Å². The third-order valence-corrected chi connectivity index (χ3v) is 5.16. The average molecular weight is 331 g/mol. The Kier molecular flexibility index (Phi) is 4.98. The molecule has 1 saturated carbocycles. The lowest BCUT2D eigenvalue weighted by atomic mass is 10.0. The van der Waals surface area contributed by atoms with E-state index < -0.39 is 0 Å². The fourth-order valence-corrected chi connectivity index (χ4v) is 3.75. The Morgan fingerprint density at radius 1 is 0.840 bits per heavy atom. The smallest absolute Gasteiger partial charge is 0.124 e. The van der Waals surface area contributed by atoms with Crippen LogP contribution in [0.15, 0.2) is 66.7 Å². The number of benzene rings is 3. The Labute approximate surface area is 149 Å². The van der Waals surface area contributed by atoms with E-state index in [4.69, 9.17) is 4.74 Å². The third-order valence-electron chi connectivity index (χ3n) is 5.16. The summed E-state index contributed by atoms with van der Waals surface area (Å²) in [5.74, 6) is 0.994. The van der Waals surface area contributed by atoms with Crippen LogP contribution in [-0.2, 0) is 13.2 Å². The largest absolute Gasteiger partial charge is 0.489 e. The van der Waals surface area contributed by atoms with Crippen molar-refractivity contribution in [3.05, 3.63) is 77.9 Å². The summed E-state index contributed by atoms with van der Waals surface area (Å²) in [5.41, 5.74) is 2.48.